The molecule has 2 bridgehead atoms. The first-order valence-corrected chi connectivity index (χ1v) is 6.04. The van der Waals surface area contributed by atoms with Crippen molar-refractivity contribution >= 4 is 11.9 Å². The van der Waals surface area contributed by atoms with Crippen LogP contribution in [0.3, 0.4) is 0 Å². The molecule has 0 aromatic heterocycles. The van der Waals surface area contributed by atoms with Gasteiger partial charge in [-0.2, -0.15) is 0 Å². The Hall–Kier alpha value is -1.06. The van der Waals surface area contributed by atoms with Gasteiger partial charge in [-0.05, 0) is 49.4 Å². The second kappa shape index (κ2) is 2.99. The monoisotopic (exact) mass is 224 g/mol. The third-order valence-corrected chi connectivity index (χ3v) is 5.28. The van der Waals surface area contributed by atoms with E-state index in [1.165, 1.54) is 6.42 Å². The van der Waals surface area contributed by atoms with E-state index in [1.54, 1.807) is 0 Å². The molecule has 0 heterocycles. The maximum absolute atomic E-state index is 11.4. The second-order valence-corrected chi connectivity index (χ2v) is 5.65. The average Bonchev–Trinajstić information content (AvgIpc) is 2.88. The van der Waals surface area contributed by atoms with E-state index >= 15 is 0 Å². The van der Waals surface area contributed by atoms with Crippen LogP contribution in [-0.4, -0.2) is 22.2 Å². The van der Waals surface area contributed by atoms with Crippen LogP contribution in [0.1, 0.15) is 32.1 Å². The van der Waals surface area contributed by atoms with Crippen LogP contribution in [0.5, 0.6) is 0 Å². The Morgan fingerprint density at radius 2 is 1.69 bits per heavy atom. The summed E-state index contributed by atoms with van der Waals surface area (Å²) >= 11 is 0. The van der Waals surface area contributed by atoms with E-state index in [1.807, 2.05) is 0 Å². The maximum atomic E-state index is 11.4. The second-order valence-electron chi connectivity index (χ2n) is 5.65. The van der Waals surface area contributed by atoms with Crippen LogP contribution in [-0.2, 0) is 9.59 Å². The van der Waals surface area contributed by atoms with Gasteiger partial charge >= 0.3 is 11.9 Å². The maximum Gasteiger partial charge on any atom is 0.321 e. The number of hydrogen-bond acceptors (Lipinski definition) is 2. The zero-order valence-electron chi connectivity index (χ0n) is 9.06. The Morgan fingerprint density at radius 1 is 1.06 bits per heavy atom. The molecule has 0 radical (unpaired) electrons. The quantitative estimate of drug-likeness (QED) is 0.698. The lowest BCUT2D eigenvalue weighted by atomic mass is 9.65. The molecule has 0 aromatic carbocycles. The highest BCUT2D eigenvalue weighted by Crippen LogP contribution is 2.65. The largest absolute Gasteiger partial charge is 0.480 e. The first kappa shape index (κ1) is 10.1. The fourth-order valence-corrected chi connectivity index (χ4v) is 4.73. The van der Waals surface area contributed by atoms with E-state index in [0.717, 1.165) is 19.3 Å². The molecule has 88 valence electrons. The number of aliphatic carboxylic acids is 2. The summed E-state index contributed by atoms with van der Waals surface area (Å²) in [5.41, 5.74) is -1.46. The van der Waals surface area contributed by atoms with Crippen LogP contribution in [0.25, 0.3) is 0 Å². The van der Waals surface area contributed by atoms with Crippen LogP contribution < -0.4 is 0 Å². The molecule has 16 heavy (non-hydrogen) atoms. The van der Waals surface area contributed by atoms with Gasteiger partial charge in [0.15, 0.2) is 5.41 Å². The highest BCUT2D eigenvalue weighted by molar-refractivity contribution is 5.99. The molecule has 2 N–H and O–H groups in total. The molecule has 4 atom stereocenters. The SMILES string of the molecule is O=C(O)C1(C(=O)O)CC2CC1C1CCCC21. The predicted molar refractivity (Wildman–Crippen MR) is 54.7 cm³/mol. The first-order chi connectivity index (χ1) is 7.57. The smallest absolute Gasteiger partial charge is 0.321 e. The van der Waals surface area contributed by atoms with E-state index in [0.29, 0.717) is 24.2 Å². The van der Waals surface area contributed by atoms with Gasteiger partial charge in [-0.1, -0.05) is 6.42 Å². The van der Waals surface area contributed by atoms with Crippen molar-refractivity contribution in [1.29, 1.82) is 0 Å². The zero-order chi connectivity index (χ0) is 11.5. The standard InChI is InChI=1S/C12H16O4/c13-10(14)12(11(15)16)5-6-4-9(12)8-3-1-2-7(6)8/h6-9H,1-5H2,(H,13,14)(H,15,16). The Kier molecular flexibility index (Phi) is 1.89. The summed E-state index contributed by atoms with van der Waals surface area (Å²) in [7, 11) is 0. The normalized spacial score (nSPS) is 43.2. The van der Waals surface area contributed by atoms with Crippen molar-refractivity contribution in [2.75, 3.05) is 0 Å². The molecule has 3 aliphatic carbocycles. The Labute approximate surface area is 93.6 Å². The van der Waals surface area contributed by atoms with Gasteiger partial charge in [0.25, 0.3) is 0 Å². The minimum absolute atomic E-state index is 0.111. The van der Waals surface area contributed by atoms with Gasteiger partial charge in [0.1, 0.15) is 0 Å². The molecule has 4 unspecified atom stereocenters. The molecule has 3 fully saturated rings. The summed E-state index contributed by atoms with van der Waals surface area (Å²) in [5.74, 6) is -0.997. The zero-order valence-corrected chi connectivity index (χ0v) is 9.06. The van der Waals surface area contributed by atoms with Gasteiger partial charge in [-0.3, -0.25) is 9.59 Å². The lowest BCUT2D eigenvalue weighted by Gasteiger charge is -2.36. The molecule has 4 heteroatoms. The van der Waals surface area contributed by atoms with E-state index in [2.05, 4.69) is 0 Å². The van der Waals surface area contributed by atoms with Crippen LogP contribution in [0.4, 0.5) is 0 Å². The van der Waals surface area contributed by atoms with E-state index in [-0.39, 0.29) is 5.92 Å². The van der Waals surface area contributed by atoms with Gasteiger partial charge in [0, 0.05) is 0 Å². The summed E-state index contributed by atoms with van der Waals surface area (Å²) in [5, 5.41) is 18.6. The summed E-state index contributed by atoms with van der Waals surface area (Å²) in [6, 6.07) is 0. The molecule has 3 aliphatic rings. The highest BCUT2D eigenvalue weighted by Gasteiger charge is 2.67. The van der Waals surface area contributed by atoms with Crippen LogP contribution in [0, 0.1) is 29.1 Å². The van der Waals surface area contributed by atoms with E-state index < -0.39 is 17.4 Å². The summed E-state index contributed by atoms with van der Waals surface area (Å²) in [4.78, 5) is 22.7. The molecule has 3 saturated carbocycles. The number of carbonyl (C=O) groups is 2. The first-order valence-electron chi connectivity index (χ1n) is 6.04. The van der Waals surface area contributed by atoms with Crippen LogP contribution in [0.2, 0.25) is 0 Å². The van der Waals surface area contributed by atoms with Crippen molar-refractivity contribution in [3.05, 3.63) is 0 Å². The third-order valence-electron chi connectivity index (χ3n) is 5.28. The number of fused-ring (bicyclic) bond motifs is 5. The molecular formula is C12H16O4. The van der Waals surface area contributed by atoms with Crippen molar-refractivity contribution in [3.8, 4) is 0 Å². The van der Waals surface area contributed by atoms with Crippen molar-refractivity contribution in [3.63, 3.8) is 0 Å². The van der Waals surface area contributed by atoms with Crippen molar-refractivity contribution < 1.29 is 19.8 Å². The van der Waals surface area contributed by atoms with Gasteiger partial charge in [-0.15, -0.1) is 0 Å². The van der Waals surface area contributed by atoms with Crippen molar-refractivity contribution in [1.82, 2.24) is 0 Å². The number of rotatable bonds is 2. The number of carboxylic acids is 2. The Bertz CT molecular complexity index is 348. The molecule has 0 aliphatic heterocycles. The summed E-state index contributed by atoms with van der Waals surface area (Å²) in [6.45, 7) is 0. The van der Waals surface area contributed by atoms with Gasteiger partial charge in [0.05, 0.1) is 0 Å². The van der Waals surface area contributed by atoms with Crippen molar-refractivity contribution in [2.45, 2.75) is 32.1 Å². The predicted octanol–water partition coefficient (Wildman–Crippen LogP) is 1.60. The summed E-state index contributed by atoms with van der Waals surface area (Å²) in [6.07, 6.45) is 4.56. The fraction of sp³-hybridized carbons (Fsp3) is 0.833. The lowest BCUT2D eigenvalue weighted by Crippen LogP contribution is -2.47. The molecule has 0 amide bonds. The molecule has 0 spiro atoms. The average molecular weight is 224 g/mol. The van der Waals surface area contributed by atoms with Gasteiger partial charge < -0.3 is 10.2 Å². The Balaban J connectivity index is 2.00. The molecule has 3 rings (SSSR count). The van der Waals surface area contributed by atoms with Crippen molar-refractivity contribution in [2.24, 2.45) is 29.1 Å². The number of hydrogen-bond donors (Lipinski definition) is 2. The van der Waals surface area contributed by atoms with Crippen LogP contribution >= 0.6 is 0 Å². The number of carboxylic acid groups (broad SMARTS) is 2. The molecule has 0 saturated heterocycles. The van der Waals surface area contributed by atoms with E-state index in [9.17, 15) is 19.8 Å². The summed E-state index contributed by atoms with van der Waals surface area (Å²) < 4.78 is 0. The minimum Gasteiger partial charge on any atom is -0.480 e. The molecule has 0 aromatic rings. The molecule has 4 nitrogen and oxygen atoms in total. The minimum atomic E-state index is -1.46. The van der Waals surface area contributed by atoms with Crippen LogP contribution in [0.15, 0.2) is 0 Å². The lowest BCUT2D eigenvalue weighted by molar-refractivity contribution is -0.171. The Morgan fingerprint density at radius 3 is 2.31 bits per heavy atom. The third kappa shape index (κ3) is 0.955. The van der Waals surface area contributed by atoms with Gasteiger partial charge in [0.2, 0.25) is 0 Å². The fourth-order valence-electron chi connectivity index (χ4n) is 4.73. The van der Waals surface area contributed by atoms with E-state index in [4.69, 9.17) is 0 Å². The molecular weight excluding hydrogens is 208 g/mol. The highest BCUT2D eigenvalue weighted by atomic mass is 16.4. The van der Waals surface area contributed by atoms with Gasteiger partial charge in [-0.25, -0.2) is 0 Å². The topological polar surface area (TPSA) is 74.6 Å².